The fraction of sp³-hybridized carbons (Fsp3) is 0.308. The fourth-order valence-corrected chi connectivity index (χ4v) is 2.93. The molecule has 0 radical (unpaired) electrons. The van der Waals surface area contributed by atoms with Crippen LogP contribution < -0.4 is 5.32 Å². The van der Waals surface area contributed by atoms with Crippen molar-refractivity contribution in [2.45, 2.75) is 19.9 Å². The van der Waals surface area contributed by atoms with Crippen molar-refractivity contribution >= 4 is 27.4 Å². The Hall–Kier alpha value is -1.95. The van der Waals surface area contributed by atoms with E-state index in [0.29, 0.717) is 0 Å². The zero-order valence-electron chi connectivity index (χ0n) is 10.7. The molecule has 6 heteroatoms. The average molecular weight is 273 g/mol. The summed E-state index contributed by atoms with van der Waals surface area (Å²) in [6.07, 6.45) is 8.27. The molecule has 0 aliphatic heterocycles. The molecule has 0 saturated heterocycles. The summed E-state index contributed by atoms with van der Waals surface area (Å²) in [6.45, 7) is 3.95. The van der Waals surface area contributed by atoms with Gasteiger partial charge in [0.1, 0.15) is 17.0 Å². The summed E-state index contributed by atoms with van der Waals surface area (Å²) >= 11 is 1.66. The molecule has 19 heavy (non-hydrogen) atoms. The number of hydrogen-bond donors (Lipinski definition) is 1. The number of aromatic nitrogens is 4. The second kappa shape index (κ2) is 5.36. The van der Waals surface area contributed by atoms with Gasteiger partial charge >= 0.3 is 0 Å². The largest absolute Gasteiger partial charge is 0.369 e. The van der Waals surface area contributed by atoms with E-state index in [1.54, 1.807) is 23.9 Å². The van der Waals surface area contributed by atoms with E-state index in [1.807, 2.05) is 12.5 Å². The second-order valence-corrected chi connectivity index (χ2v) is 5.26. The van der Waals surface area contributed by atoms with Crippen molar-refractivity contribution in [3.05, 3.63) is 36.0 Å². The number of fused-ring (bicyclic) bond motifs is 1. The van der Waals surface area contributed by atoms with E-state index in [2.05, 4.69) is 37.1 Å². The summed E-state index contributed by atoms with van der Waals surface area (Å²) in [6, 6.07) is 0. The Labute approximate surface area is 115 Å². The van der Waals surface area contributed by atoms with E-state index in [1.165, 1.54) is 5.56 Å². The number of imidazole rings is 1. The van der Waals surface area contributed by atoms with Crippen LogP contribution in [-0.4, -0.2) is 26.1 Å². The number of hydrogen-bond acceptors (Lipinski definition) is 5. The van der Waals surface area contributed by atoms with Gasteiger partial charge in [0, 0.05) is 25.5 Å². The molecule has 0 fully saturated rings. The lowest BCUT2D eigenvalue weighted by molar-refractivity contribution is 0.660. The molecule has 98 valence electrons. The molecule has 0 aromatic carbocycles. The lowest BCUT2D eigenvalue weighted by Gasteiger charge is -2.07. The first-order valence-corrected chi connectivity index (χ1v) is 7.11. The lowest BCUT2D eigenvalue weighted by Crippen LogP contribution is -2.07. The number of aryl methyl sites for hydroxylation is 2. The molecule has 3 heterocycles. The molecule has 3 rings (SSSR count). The van der Waals surface area contributed by atoms with Crippen molar-refractivity contribution in [2.24, 2.45) is 0 Å². The molecule has 0 atom stereocenters. The molecular formula is C13H15N5S. The van der Waals surface area contributed by atoms with Crippen LogP contribution in [0.2, 0.25) is 0 Å². The van der Waals surface area contributed by atoms with Gasteiger partial charge in [0.25, 0.3) is 0 Å². The van der Waals surface area contributed by atoms with Crippen molar-refractivity contribution < 1.29 is 0 Å². The van der Waals surface area contributed by atoms with Crippen LogP contribution in [0.5, 0.6) is 0 Å². The Kier molecular flexibility index (Phi) is 3.41. The van der Waals surface area contributed by atoms with Gasteiger partial charge in [0.2, 0.25) is 0 Å². The van der Waals surface area contributed by atoms with Crippen molar-refractivity contribution in [2.75, 3.05) is 11.9 Å². The highest BCUT2D eigenvalue weighted by Crippen LogP contribution is 2.28. The Morgan fingerprint density at radius 3 is 3.16 bits per heavy atom. The van der Waals surface area contributed by atoms with Crippen LogP contribution in [0.4, 0.5) is 5.82 Å². The molecule has 0 aliphatic rings. The third-order valence-electron chi connectivity index (χ3n) is 3.00. The Balaban J connectivity index is 1.63. The Bertz CT molecular complexity index is 659. The summed E-state index contributed by atoms with van der Waals surface area (Å²) < 4.78 is 2.08. The standard InChI is InChI=1S/C13H15N5S/c1-10-7-19-13-11(10)12(16-8-17-13)15-3-2-5-18-6-4-14-9-18/h4,6-9H,2-3,5H2,1H3,(H,15,16,17). The van der Waals surface area contributed by atoms with Crippen molar-refractivity contribution in [3.8, 4) is 0 Å². The molecular weight excluding hydrogens is 258 g/mol. The molecule has 3 aromatic heterocycles. The first kappa shape index (κ1) is 12.1. The van der Waals surface area contributed by atoms with Gasteiger partial charge in [-0.2, -0.15) is 0 Å². The van der Waals surface area contributed by atoms with Gasteiger partial charge in [-0.25, -0.2) is 15.0 Å². The normalized spacial score (nSPS) is 11.0. The van der Waals surface area contributed by atoms with E-state index in [-0.39, 0.29) is 0 Å². The summed E-state index contributed by atoms with van der Waals surface area (Å²) in [5, 5.41) is 6.67. The first-order valence-electron chi connectivity index (χ1n) is 6.23. The van der Waals surface area contributed by atoms with Crippen LogP contribution in [0.3, 0.4) is 0 Å². The predicted molar refractivity (Wildman–Crippen MR) is 77.5 cm³/mol. The number of anilines is 1. The SMILES string of the molecule is Cc1csc2ncnc(NCCCn3ccnc3)c12. The minimum absolute atomic E-state index is 0.888. The second-order valence-electron chi connectivity index (χ2n) is 4.40. The van der Waals surface area contributed by atoms with Gasteiger partial charge < -0.3 is 9.88 Å². The molecule has 0 aliphatic carbocycles. The Morgan fingerprint density at radius 1 is 1.37 bits per heavy atom. The molecule has 0 spiro atoms. The third-order valence-corrected chi connectivity index (χ3v) is 4.00. The quantitative estimate of drug-likeness (QED) is 0.726. The highest BCUT2D eigenvalue weighted by Gasteiger charge is 2.07. The van der Waals surface area contributed by atoms with Crippen LogP contribution in [-0.2, 0) is 6.54 Å². The number of nitrogens with one attached hydrogen (secondary N) is 1. The van der Waals surface area contributed by atoms with Gasteiger partial charge in [-0.1, -0.05) is 0 Å². The van der Waals surface area contributed by atoms with E-state index in [0.717, 1.165) is 35.5 Å². The van der Waals surface area contributed by atoms with E-state index < -0.39 is 0 Å². The van der Waals surface area contributed by atoms with Crippen LogP contribution >= 0.6 is 11.3 Å². The fourth-order valence-electron chi connectivity index (χ4n) is 2.04. The van der Waals surface area contributed by atoms with Crippen LogP contribution in [0.25, 0.3) is 10.2 Å². The molecule has 3 aromatic rings. The number of thiophene rings is 1. The number of rotatable bonds is 5. The topological polar surface area (TPSA) is 55.6 Å². The molecule has 5 nitrogen and oxygen atoms in total. The Morgan fingerprint density at radius 2 is 2.32 bits per heavy atom. The minimum Gasteiger partial charge on any atom is -0.369 e. The van der Waals surface area contributed by atoms with Gasteiger partial charge in [-0.15, -0.1) is 11.3 Å². The van der Waals surface area contributed by atoms with Gasteiger partial charge in [0.15, 0.2) is 0 Å². The monoisotopic (exact) mass is 273 g/mol. The number of nitrogens with zero attached hydrogens (tertiary/aromatic N) is 4. The maximum absolute atomic E-state index is 4.34. The van der Waals surface area contributed by atoms with Crippen molar-refractivity contribution in [1.29, 1.82) is 0 Å². The van der Waals surface area contributed by atoms with Crippen LogP contribution in [0.15, 0.2) is 30.4 Å². The van der Waals surface area contributed by atoms with Gasteiger partial charge in [0.05, 0.1) is 11.7 Å². The lowest BCUT2D eigenvalue weighted by atomic mass is 10.2. The highest BCUT2D eigenvalue weighted by atomic mass is 32.1. The van der Waals surface area contributed by atoms with E-state index in [9.17, 15) is 0 Å². The smallest absolute Gasteiger partial charge is 0.138 e. The van der Waals surface area contributed by atoms with Gasteiger partial charge in [-0.3, -0.25) is 0 Å². The summed E-state index contributed by atoms with van der Waals surface area (Å²) in [5.41, 5.74) is 1.23. The van der Waals surface area contributed by atoms with E-state index in [4.69, 9.17) is 0 Å². The van der Waals surface area contributed by atoms with Crippen molar-refractivity contribution in [1.82, 2.24) is 19.5 Å². The molecule has 0 unspecified atom stereocenters. The average Bonchev–Trinajstić information content (AvgIpc) is 3.05. The summed E-state index contributed by atoms with van der Waals surface area (Å²) in [7, 11) is 0. The minimum atomic E-state index is 0.888. The van der Waals surface area contributed by atoms with Crippen LogP contribution in [0.1, 0.15) is 12.0 Å². The maximum Gasteiger partial charge on any atom is 0.138 e. The summed E-state index contributed by atoms with van der Waals surface area (Å²) in [5.74, 6) is 0.939. The summed E-state index contributed by atoms with van der Waals surface area (Å²) in [4.78, 5) is 13.7. The van der Waals surface area contributed by atoms with Gasteiger partial charge in [-0.05, 0) is 24.3 Å². The third kappa shape index (κ3) is 2.58. The van der Waals surface area contributed by atoms with Crippen LogP contribution in [0, 0.1) is 6.92 Å². The molecule has 0 amide bonds. The molecule has 1 N–H and O–H groups in total. The van der Waals surface area contributed by atoms with Crippen molar-refractivity contribution in [3.63, 3.8) is 0 Å². The highest BCUT2D eigenvalue weighted by molar-refractivity contribution is 7.17. The maximum atomic E-state index is 4.34. The zero-order chi connectivity index (χ0) is 13.1. The molecule has 0 saturated carbocycles. The molecule has 0 bridgehead atoms. The zero-order valence-corrected chi connectivity index (χ0v) is 11.5. The first-order chi connectivity index (χ1) is 9.34. The predicted octanol–water partition coefficient (Wildman–Crippen LogP) is 2.70. The van der Waals surface area contributed by atoms with E-state index >= 15 is 0 Å².